The van der Waals surface area contributed by atoms with E-state index in [1.54, 1.807) is 48.5 Å². The van der Waals surface area contributed by atoms with Gasteiger partial charge >= 0.3 is 0 Å². The Hall–Kier alpha value is -6.85. The molecule has 0 aromatic heterocycles. The SMILES string of the molecule is COc1ccc(S(=O)(=O)c2ccc(Oc3ccc(-c4ccc(Oc5ccc(S(=O)(=O)c6ccc(Oc7ccc(-c8ccc(C)cc8)cc7)cc6)cc5)cc4)cc3CCl)cc2)cc1. The van der Waals surface area contributed by atoms with Crippen molar-refractivity contribution >= 4 is 31.3 Å². The molecule has 0 atom stereocenters. The number of hydrogen-bond donors (Lipinski definition) is 0. The molecule has 11 heteroatoms. The summed E-state index contributed by atoms with van der Waals surface area (Å²) in [6.07, 6.45) is 0. The van der Waals surface area contributed by atoms with Crippen molar-refractivity contribution in [2.24, 2.45) is 0 Å². The van der Waals surface area contributed by atoms with E-state index in [0.717, 1.165) is 27.8 Å². The quantitative estimate of drug-likeness (QED) is 0.0995. The Balaban J connectivity index is 0.871. The lowest BCUT2D eigenvalue weighted by atomic mass is 10.0. The first-order valence-electron chi connectivity index (χ1n) is 19.4. The van der Waals surface area contributed by atoms with Gasteiger partial charge in [-0.2, -0.15) is 0 Å². The van der Waals surface area contributed by atoms with Gasteiger partial charge in [0.25, 0.3) is 0 Å². The molecule has 0 fully saturated rings. The van der Waals surface area contributed by atoms with Gasteiger partial charge in [-0.3, -0.25) is 0 Å². The summed E-state index contributed by atoms with van der Waals surface area (Å²) in [6, 6.07) is 54.3. The molecule has 8 aromatic carbocycles. The van der Waals surface area contributed by atoms with Gasteiger partial charge in [0.2, 0.25) is 19.7 Å². The molecule has 62 heavy (non-hydrogen) atoms. The van der Waals surface area contributed by atoms with Crippen molar-refractivity contribution in [2.75, 3.05) is 7.11 Å². The summed E-state index contributed by atoms with van der Waals surface area (Å²) in [5, 5.41) is 0. The van der Waals surface area contributed by atoms with Crippen LogP contribution in [0.5, 0.6) is 40.2 Å². The maximum absolute atomic E-state index is 13.5. The number of alkyl halides is 1. The minimum absolute atomic E-state index is 0.137. The van der Waals surface area contributed by atoms with Gasteiger partial charge in [0.15, 0.2) is 0 Å². The molecule has 0 bridgehead atoms. The zero-order valence-electron chi connectivity index (χ0n) is 33.6. The molecule has 0 amide bonds. The van der Waals surface area contributed by atoms with Crippen LogP contribution in [0.4, 0.5) is 0 Å². The molecular weight excluding hydrogens is 840 g/mol. The molecule has 0 aliphatic heterocycles. The fourth-order valence-corrected chi connectivity index (χ4v) is 9.36. The lowest BCUT2D eigenvalue weighted by Gasteiger charge is -2.13. The van der Waals surface area contributed by atoms with Crippen LogP contribution in [0.3, 0.4) is 0 Å². The second kappa shape index (κ2) is 18.0. The van der Waals surface area contributed by atoms with Crippen LogP contribution in [0.25, 0.3) is 22.3 Å². The smallest absolute Gasteiger partial charge is 0.206 e. The van der Waals surface area contributed by atoms with Crippen molar-refractivity contribution in [1.82, 2.24) is 0 Å². The number of halogens is 1. The summed E-state index contributed by atoms with van der Waals surface area (Å²) in [5.74, 6) is 3.97. The predicted molar refractivity (Wildman–Crippen MR) is 241 cm³/mol. The van der Waals surface area contributed by atoms with Crippen molar-refractivity contribution < 1.29 is 35.8 Å². The van der Waals surface area contributed by atoms with Gasteiger partial charge in [-0.1, -0.05) is 60.2 Å². The predicted octanol–water partition coefficient (Wildman–Crippen LogP) is 13.1. The van der Waals surface area contributed by atoms with Crippen LogP contribution in [0, 0.1) is 6.92 Å². The van der Waals surface area contributed by atoms with Crippen molar-refractivity contribution in [1.29, 1.82) is 0 Å². The van der Waals surface area contributed by atoms with Gasteiger partial charge in [-0.05, 0) is 163 Å². The zero-order valence-corrected chi connectivity index (χ0v) is 36.0. The third-order valence-electron chi connectivity index (χ3n) is 10.1. The highest BCUT2D eigenvalue weighted by atomic mass is 35.5. The van der Waals surface area contributed by atoms with Crippen LogP contribution in [-0.2, 0) is 25.6 Å². The standard InChI is InChI=1S/C51H39ClO8S2/c1-35-3-5-36(6-4-35)37-7-12-42(13-8-37)58-44-18-26-48(27-19-44)62(55,56)49-28-20-45(21-29-49)59-43-14-9-38(10-15-43)39-11-32-51(40(33-39)34-52)60-46-22-30-50(31-23-46)61(53,54)47-24-16-41(57-2)17-25-47/h3-33H,34H2,1-2H3. The molecule has 310 valence electrons. The fraction of sp³-hybridized carbons (Fsp3) is 0.0588. The number of methoxy groups -OCH3 is 1. The van der Waals surface area contributed by atoms with Crippen LogP contribution >= 0.6 is 11.6 Å². The van der Waals surface area contributed by atoms with Crippen molar-refractivity contribution in [3.63, 3.8) is 0 Å². The summed E-state index contributed by atoms with van der Waals surface area (Å²) >= 11 is 6.35. The summed E-state index contributed by atoms with van der Waals surface area (Å²) < 4.78 is 76.5. The monoisotopic (exact) mass is 878 g/mol. The minimum Gasteiger partial charge on any atom is -0.497 e. The average Bonchev–Trinajstić information content (AvgIpc) is 3.30. The number of rotatable bonds is 14. The Labute approximate surface area is 366 Å². The summed E-state index contributed by atoms with van der Waals surface area (Å²) in [4.78, 5) is 0.588. The van der Waals surface area contributed by atoms with E-state index >= 15 is 0 Å². The first-order valence-corrected chi connectivity index (χ1v) is 22.9. The van der Waals surface area contributed by atoms with E-state index in [4.69, 9.17) is 30.5 Å². The van der Waals surface area contributed by atoms with E-state index in [0.29, 0.717) is 40.2 Å². The average molecular weight is 879 g/mol. The maximum Gasteiger partial charge on any atom is 0.206 e. The molecule has 0 radical (unpaired) electrons. The highest BCUT2D eigenvalue weighted by Crippen LogP contribution is 2.35. The molecule has 0 aliphatic rings. The van der Waals surface area contributed by atoms with E-state index in [-0.39, 0.29) is 25.5 Å². The van der Waals surface area contributed by atoms with Crippen LogP contribution in [0.1, 0.15) is 11.1 Å². The Morgan fingerprint density at radius 2 is 0.694 bits per heavy atom. The lowest BCUT2D eigenvalue weighted by Crippen LogP contribution is -2.02. The summed E-state index contributed by atoms with van der Waals surface area (Å²) in [5.41, 5.74) is 5.96. The Kier molecular flexibility index (Phi) is 12.2. The first kappa shape index (κ1) is 41.9. The van der Waals surface area contributed by atoms with Crippen LogP contribution in [-0.4, -0.2) is 23.9 Å². The summed E-state index contributed by atoms with van der Waals surface area (Å²) in [6.45, 7) is 2.06. The molecule has 8 rings (SSSR count). The topological polar surface area (TPSA) is 105 Å². The molecule has 8 aromatic rings. The highest BCUT2D eigenvalue weighted by molar-refractivity contribution is 7.91. The lowest BCUT2D eigenvalue weighted by molar-refractivity contribution is 0.414. The number of aryl methyl sites for hydroxylation is 1. The molecule has 0 aliphatic carbocycles. The normalized spacial score (nSPS) is 11.5. The van der Waals surface area contributed by atoms with Crippen molar-refractivity contribution in [3.05, 3.63) is 199 Å². The molecule has 0 heterocycles. The van der Waals surface area contributed by atoms with Gasteiger partial charge < -0.3 is 18.9 Å². The van der Waals surface area contributed by atoms with Gasteiger partial charge in [0, 0.05) is 5.56 Å². The molecule has 8 nitrogen and oxygen atoms in total. The third-order valence-corrected chi connectivity index (χ3v) is 14.0. The molecule has 0 saturated heterocycles. The molecule has 0 saturated carbocycles. The van der Waals surface area contributed by atoms with E-state index in [1.807, 2.05) is 66.7 Å². The van der Waals surface area contributed by atoms with E-state index < -0.39 is 19.7 Å². The second-order valence-corrected chi connectivity index (χ2v) is 18.4. The van der Waals surface area contributed by atoms with E-state index in [1.165, 1.54) is 61.2 Å². The molecular formula is C51H39ClO8S2. The van der Waals surface area contributed by atoms with Crippen LogP contribution in [0.15, 0.2) is 208 Å². The maximum atomic E-state index is 13.5. The van der Waals surface area contributed by atoms with Gasteiger partial charge in [0.1, 0.15) is 40.2 Å². The first-order chi connectivity index (χ1) is 30.0. The minimum atomic E-state index is -3.79. The highest BCUT2D eigenvalue weighted by Gasteiger charge is 2.20. The van der Waals surface area contributed by atoms with Crippen molar-refractivity contribution in [2.45, 2.75) is 32.4 Å². The number of ether oxygens (including phenoxy) is 4. The van der Waals surface area contributed by atoms with Gasteiger partial charge in [-0.15, -0.1) is 11.6 Å². The van der Waals surface area contributed by atoms with Crippen LogP contribution < -0.4 is 18.9 Å². The Morgan fingerprint density at radius 1 is 0.387 bits per heavy atom. The van der Waals surface area contributed by atoms with Gasteiger partial charge in [-0.25, -0.2) is 16.8 Å². The fourth-order valence-electron chi connectivity index (χ4n) is 6.63. The van der Waals surface area contributed by atoms with Crippen LogP contribution in [0.2, 0.25) is 0 Å². The second-order valence-electron chi connectivity index (χ2n) is 14.3. The largest absolute Gasteiger partial charge is 0.497 e. The van der Waals surface area contributed by atoms with Crippen molar-refractivity contribution in [3.8, 4) is 62.5 Å². The van der Waals surface area contributed by atoms with E-state index in [2.05, 4.69) is 31.2 Å². The van der Waals surface area contributed by atoms with Gasteiger partial charge in [0.05, 0.1) is 32.6 Å². The van der Waals surface area contributed by atoms with E-state index in [9.17, 15) is 16.8 Å². The Bertz CT molecular complexity index is 3030. The zero-order chi connectivity index (χ0) is 43.3. The molecule has 0 N–H and O–H groups in total. The number of hydrogen-bond acceptors (Lipinski definition) is 8. The molecule has 0 spiro atoms. The Morgan fingerprint density at radius 3 is 1.06 bits per heavy atom. The number of benzene rings is 8. The molecule has 0 unspecified atom stereocenters. The number of sulfone groups is 2. The third kappa shape index (κ3) is 9.38. The summed E-state index contributed by atoms with van der Waals surface area (Å²) in [7, 11) is -5.99.